The first-order valence-electron chi connectivity index (χ1n) is 7.01. The fourth-order valence-electron chi connectivity index (χ4n) is 1.62. The molecule has 0 spiro atoms. The highest BCUT2D eigenvalue weighted by atomic mass is 32.2. The van der Waals surface area contributed by atoms with Crippen molar-refractivity contribution in [2.45, 2.75) is 37.7 Å². The molecule has 5 nitrogen and oxygen atoms in total. The van der Waals surface area contributed by atoms with E-state index in [1.807, 2.05) is 32.9 Å². The first-order valence-corrected chi connectivity index (χ1v) is 8.90. The van der Waals surface area contributed by atoms with E-state index in [4.69, 9.17) is 4.74 Å². The summed E-state index contributed by atoms with van der Waals surface area (Å²) in [6, 6.07) is 6.64. The largest absolute Gasteiger partial charge is 0.444 e. The number of rotatable bonds is 5. The standard InChI is InChI=1S/C16H23NO4S/c1-16(2,3)21-15(18)17-12-6-5-7-13-8-10-14(11-9-13)22(4,19)20/h5,7-11H,6,12H2,1-4H3,(H,17,18). The average molecular weight is 325 g/mol. The minimum Gasteiger partial charge on any atom is -0.444 e. The van der Waals surface area contributed by atoms with Crippen LogP contribution in [0.5, 0.6) is 0 Å². The van der Waals surface area contributed by atoms with Gasteiger partial charge in [0.05, 0.1) is 4.90 Å². The average Bonchev–Trinajstić information content (AvgIpc) is 2.35. The van der Waals surface area contributed by atoms with Crippen molar-refractivity contribution in [2.75, 3.05) is 12.8 Å². The van der Waals surface area contributed by atoms with Gasteiger partial charge in [0.15, 0.2) is 9.84 Å². The van der Waals surface area contributed by atoms with Crippen molar-refractivity contribution in [3.05, 3.63) is 35.9 Å². The Hall–Kier alpha value is -1.82. The van der Waals surface area contributed by atoms with Crippen molar-refractivity contribution in [2.24, 2.45) is 0 Å². The molecule has 0 aliphatic rings. The van der Waals surface area contributed by atoms with Crippen LogP contribution in [0.2, 0.25) is 0 Å². The molecule has 0 radical (unpaired) electrons. The smallest absolute Gasteiger partial charge is 0.407 e. The predicted molar refractivity (Wildman–Crippen MR) is 87.4 cm³/mol. The number of alkyl carbamates (subject to hydrolysis) is 1. The second-order valence-electron chi connectivity index (χ2n) is 5.96. The summed E-state index contributed by atoms with van der Waals surface area (Å²) < 4.78 is 27.8. The number of benzene rings is 1. The topological polar surface area (TPSA) is 72.5 Å². The Morgan fingerprint density at radius 3 is 2.32 bits per heavy atom. The van der Waals surface area contributed by atoms with Crippen LogP contribution in [0.15, 0.2) is 35.2 Å². The lowest BCUT2D eigenvalue weighted by Crippen LogP contribution is -2.32. The maximum atomic E-state index is 11.4. The lowest BCUT2D eigenvalue weighted by Gasteiger charge is -2.19. The molecular weight excluding hydrogens is 302 g/mol. The minimum atomic E-state index is -3.16. The number of carbonyl (C=O) groups excluding carboxylic acids is 1. The Morgan fingerprint density at radius 1 is 1.23 bits per heavy atom. The summed E-state index contributed by atoms with van der Waals surface area (Å²) in [4.78, 5) is 11.7. The van der Waals surface area contributed by atoms with E-state index in [2.05, 4.69) is 5.32 Å². The molecule has 1 amide bonds. The number of nitrogens with one attached hydrogen (secondary N) is 1. The van der Waals surface area contributed by atoms with Gasteiger partial charge in [0.1, 0.15) is 5.60 Å². The van der Waals surface area contributed by atoms with Gasteiger partial charge in [-0.2, -0.15) is 0 Å². The summed E-state index contributed by atoms with van der Waals surface area (Å²) >= 11 is 0. The molecule has 0 saturated heterocycles. The van der Waals surface area contributed by atoms with Crippen LogP contribution in [0.4, 0.5) is 4.79 Å². The van der Waals surface area contributed by atoms with Gasteiger partial charge in [-0.25, -0.2) is 13.2 Å². The number of carbonyl (C=O) groups is 1. The molecule has 0 aliphatic heterocycles. The van der Waals surface area contributed by atoms with Gasteiger partial charge in [-0.15, -0.1) is 0 Å². The van der Waals surface area contributed by atoms with Crippen molar-refractivity contribution < 1.29 is 17.9 Å². The predicted octanol–water partition coefficient (Wildman–Crippen LogP) is 3.02. The Kier molecular flexibility index (Phi) is 6.17. The Balaban J connectivity index is 2.39. The quantitative estimate of drug-likeness (QED) is 0.845. The summed E-state index contributed by atoms with van der Waals surface area (Å²) in [6.07, 6.45) is 5.20. The maximum absolute atomic E-state index is 11.4. The zero-order chi connectivity index (χ0) is 16.8. The van der Waals surface area contributed by atoms with Gasteiger partial charge >= 0.3 is 6.09 Å². The number of hydrogen-bond donors (Lipinski definition) is 1. The first-order chi connectivity index (χ1) is 10.1. The molecule has 0 aromatic heterocycles. The molecule has 1 N–H and O–H groups in total. The number of hydrogen-bond acceptors (Lipinski definition) is 4. The van der Waals surface area contributed by atoms with E-state index in [1.54, 1.807) is 24.3 Å². The van der Waals surface area contributed by atoms with Crippen LogP contribution in [0, 0.1) is 0 Å². The molecule has 22 heavy (non-hydrogen) atoms. The van der Waals surface area contributed by atoms with Crippen molar-refractivity contribution >= 4 is 22.0 Å². The van der Waals surface area contributed by atoms with Crippen LogP contribution >= 0.6 is 0 Å². The third kappa shape index (κ3) is 7.26. The fraction of sp³-hybridized carbons (Fsp3) is 0.438. The van der Waals surface area contributed by atoms with E-state index in [0.29, 0.717) is 17.9 Å². The fourth-order valence-corrected chi connectivity index (χ4v) is 2.25. The van der Waals surface area contributed by atoms with Gasteiger partial charge in [0.2, 0.25) is 0 Å². The zero-order valence-corrected chi connectivity index (χ0v) is 14.2. The highest BCUT2D eigenvalue weighted by Crippen LogP contribution is 2.11. The second kappa shape index (κ2) is 7.45. The van der Waals surface area contributed by atoms with Gasteiger partial charge in [-0.1, -0.05) is 24.3 Å². The van der Waals surface area contributed by atoms with Crippen LogP contribution in [-0.2, 0) is 14.6 Å². The summed E-state index contributed by atoms with van der Waals surface area (Å²) in [5, 5.41) is 2.66. The van der Waals surface area contributed by atoms with Crippen LogP contribution < -0.4 is 5.32 Å². The van der Waals surface area contributed by atoms with E-state index < -0.39 is 21.5 Å². The lowest BCUT2D eigenvalue weighted by molar-refractivity contribution is 0.0529. The monoisotopic (exact) mass is 325 g/mol. The third-order valence-corrected chi connectivity index (χ3v) is 3.73. The van der Waals surface area contributed by atoms with E-state index in [9.17, 15) is 13.2 Å². The third-order valence-electron chi connectivity index (χ3n) is 2.60. The summed E-state index contributed by atoms with van der Waals surface area (Å²) in [5.74, 6) is 0. The van der Waals surface area contributed by atoms with Crippen molar-refractivity contribution in [3.63, 3.8) is 0 Å². The molecule has 1 aromatic carbocycles. The zero-order valence-electron chi connectivity index (χ0n) is 13.4. The molecule has 0 fully saturated rings. The van der Waals surface area contributed by atoms with Gasteiger partial charge < -0.3 is 10.1 Å². The molecular formula is C16H23NO4S. The van der Waals surface area contributed by atoms with Gasteiger partial charge in [0.25, 0.3) is 0 Å². The summed E-state index contributed by atoms with van der Waals surface area (Å²) in [5.41, 5.74) is 0.408. The van der Waals surface area contributed by atoms with E-state index in [1.165, 1.54) is 6.26 Å². The highest BCUT2D eigenvalue weighted by molar-refractivity contribution is 7.90. The molecule has 0 bridgehead atoms. The molecule has 122 valence electrons. The van der Waals surface area contributed by atoms with Gasteiger partial charge in [0, 0.05) is 12.8 Å². The Bertz CT molecular complexity index is 625. The molecule has 0 heterocycles. The van der Waals surface area contributed by atoms with Crippen LogP contribution in [0.1, 0.15) is 32.8 Å². The van der Waals surface area contributed by atoms with Gasteiger partial charge in [-0.05, 0) is 44.9 Å². The maximum Gasteiger partial charge on any atom is 0.407 e. The Labute approximate surface area is 132 Å². The molecule has 0 saturated carbocycles. The normalized spacial score (nSPS) is 12.4. The number of sulfone groups is 1. The van der Waals surface area contributed by atoms with E-state index >= 15 is 0 Å². The highest BCUT2D eigenvalue weighted by Gasteiger charge is 2.15. The van der Waals surface area contributed by atoms with Crippen molar-refractivity contribution in [3.8, 4) is 0 Å². The van der Waals surface area contributed by atoms with Crippen LogP contribution in [0.25, 0.3) is 6.08 Å². The first kappa shape index (κ1) is 18.2. The lowest BCUT2D eigenvalue weighted by atomic mass is 10.2. The van der Waals surface area contributed by atoms with E-state index in [0.717, 1.165) is 5.56 Å². The Morgan fingerprint density at radius 2 is 1.82 bits per heavy atom. The van der Waals surface area contributed by atoms with Gasteiger partial charge in [-0.3, -0.25) is 0 Å². The minimum absolute atomic E-state index is 0.302. The van der Waals surface area contributed by atoms with Crippen LogP contribution in [0.3, 0.4) is 0 Å². The molecule has 0 unspecified atom stereocenters. The molecule has 6 heteroatoms. The SMILES string of the molecule is CC(C)(C)OC(=O)NCCC=Cc1ccc(S(C)(=O)=O)cc1. The van der Waals surface area contributed by atoms with Crippen molar-refractivity contribution in [1.29, 1.82) is 0 Å². The number of amides is 1. The van der Waals surface area contributed by atoms with Crippen molar-refractivity contribution in [1.82, 2.24) is 5.32 Å². The second-order valence-corrected chi connectivity index (χ2v) is 7.98. The summed E-state index contributed by atoms with van der Waals surface area (Å²) in [6.45, 7) is 5.92. The molecule has 0 atom stereocenters. The van der Waals surface area contributed by atoms with Crippen LogP contribution in [-0.4, -0.2) is 32.9 Å². The van der Waals surface area contributed by atoms with E-state index in [-0.39, 0.29) is 0 Å². The molecule has 1 rings (SSSR count). The molecule has 0 aliphatic carbocycles. The number of ether oxygens (including phenoxy) is 1. The summed E-state index contributed by atoms with van der Waals surface area (Å²) in [7, 11) is -3.16. The molecule has 1 aromatic rings.